The molecule has 0 spiro atoms. The first-order valence-electron chi connectivity index (χ1n) is 7.76. The molecule has 0 saturated heterocycles. The summed E-state index contributed by atoms with van der Waals surface area (Å²) in [6.07, 6.45) is 2.44. The molecule has 21 heavy (non-hydrogen) atoms. The lowest BCUT2D eigenvalue weighted by Crippen LogP contribution is -2.04. The van der Waals surface area contributed by atoms with Crippen molar-refractivity contribution in [3.8, 4) is 11.3 Å². The highest BCUT2D eigenvalue weighted by molar-refractivity contribution is 5.68. The molecule has 1 saturated carbocycles. The van der Waals surface area contributed by atoms with Crippen molar-refractivity contribution in [2.24, 2.45) is 0 Å². The third-order valence-corrected chi connectivity index (χ3v) is 4.19. The van der Waals surface area contributed by atoms with Crippen molar-refractivity contribution in [2.75, 3.05) is 12.4 Å². The SMILES string of the molecule is CNc1nc(C2CC2)nc(-c2ccc(C(C)C)cc2)c1C. The number of nitrogens with one attached hydrogen (secondary N) is 1. The summed E-state index contributed by atoms with van der Waals surface area (Å²) in [4.78, 5) is 9.50. The van der Waals surface area contributed by atoms with Gasteiger partial charge in [-0.25, -0.2) is 9.97 Å². The monoisotopic (exact) mass is 281 g/mol. The van der Waals surface area contributed by atoms with E-state index in [1.807, 2.05) is 7.05 Å². The molecule has 0 amide bonds. The van der Waals surface area contributed by atoms with Gasteiger partial charge in [-0.2, -0.15) is 0 Å². The van der Waals surface area contributed by atoms with E-state index in [0.29, 0.717) is 11.8 Å². The zero-order chi connectivity index (χ0) is 15.0. The fourth-order valence-corrected chi connectivity index (χ4v) is 2.61. The normalized spacial score (nSPS) is 14.5. The standard InChI is InChI=1S/C18H23N3/c1-11(2)13-5-7-14(8-6-13)16-12(3)17(19-4)21-18(20-16)15-9-10-15/h5-8,11,15H,9-10H2,1-4H3,(H,19,20,21). The number of rotatable bonds is 4. The topological polar surface area (TPSA) is 37.8 Å². The van der Waals surface area contributed by atoms with Gasteiger partial charge in [-0.15, -0.1) is 0 Å². The van der Waals surface area contributed by atoms with Crippen LogP contribution in [0.3, 0.4) is 0 Å². The van der Waals surface area contributed by atoms with Crippen molar-refractivity contribution < 1.29 is 0 Å². The average Bonchev–Trinajstić information content (AvgIpc) is 3.32. The maximum atomic E-state index is 4.84. The van der Waals surface area contributed by atoms with Crippen LogP contribution in [0.2, 0.25) is 0 Å². The highest BCUT2D eigenvalue weighted by Crippen LogP contribution is 2.40. The van der Waals surface area contributed by atoms with Crippen LogP contribution in [0.15, 0.2) is 24.3 Å². The van der Waals surface area contributed by atoms with Gasteiger partial charge in [-0.1, -0.05) is 38.1 Å². The molecule has 0 aliphatic heterocycles. The predicted octanol–water partition coefficient (Wildman–Crippen LogP) is 4.49. The minimum atomic E-state index is 0.556. The second kappa shape index (κ2) is 5.47. The maximum Gasteiger partial charge on any atom is 0.134 e. The third kappa shape index (κ3) is 2.78. The number of anilines is 1. The lowest BCUT2D eigenvalue weighted by atomic mass is 9.99. The minimum Gasteiger partial charge on any atom is -0.373 e. The van der Waals surface area contributed by atoms with E-state index in [1.54, 1.807) is 0 Å². The largest absolute Gasteiger partial charge is 0.373 e. The second-order valence-corrected chi connectivity index (χ2v) is 6.21. The molecule has 3 rings (SSSR count). The number of aromatic nitrogens is 2. The van der Waals surface area contributed by atoms with Crippen LogP contribution in [-0.2, 0) is 0 Å². The van der Waals surface area contributed by atoms with Gasteiger partial charge in [-0.05, 0) is 31.2 Å². The summed E-state index contributed by atoms with van der Waals surface area (Å²) in [5.74, 6) is 3.06. The van der Waals surface area contributed by atoms with Gasteiger partial charge in [-0.3, -0.25) is 0 Å². The molecule has 0 unspecified atom stereocenters. The van der Waals surface area contributed by atoms with Crippen LogP contribution in [0, 0.1) is 6.92 Å². The lowest BCUT2D eigenvalue weighted by Gasteiger charge is -2.13. The van der Waals surface area contributed by atoms with E-state index < -0.39 is 0 Å². The predicted molar refractivity (Wildman–Crippen MR) is 87.8 cm³/mol. The molecule has 2 aromatic rings. The van der Waals surface area contributed by atoms with Crippen LogP contribution in [-0.4, -0.2) is 17.0 Å². The summed E-state index contributed by atoms with van der Waals surface area (Å²) in [6, 6.07) is 8.77. The molecule has 0 bridgehead atoms. The first kappa shape index (κ1) is 14.1. The van der Waals surface area contributed by atoms with Gasteiger partial charge in [0.05, 0.1) is 5.69 Å². The first-order chi connectivity index (χ1) is 10.1. The molecule has 1 aromatic carbocycles. The number of benzene rings is 1. The molecule has 1 aromatic heterocycles. The molecule has 110 valence electrons. The lowest BCUT2D eigenvalue weighted by molar-refractivity contribution is 0.866. The Hall–Kier alpha value is -1.90. The Kier molecular flexibility index (Phi) is 3.66. The van der Waals surface area contributed by atoms with Gasteiger partial charge in [0.15, 0.2) is 0 Å². The Balaban J connectivity index is 2.05. The van der Waals surface area contributed by atoms with Crippen molar-refractivity contribution in [1.82, 2.24) is 9.97 Å². The molecule has 3 nitrogen and oxygen atoms in total. The smallest absolute Gasteiger partial charge is 0.134 e. The van der Waals surface area contributed by atoms with Gasteiger partial charge >= 0.3 is 0 Å². The quantitative estimate of drug-likeness (QED) is 0.897. The first-order valence-corrected chi connectivity index (χ1v) is 7.76. The number of nitrogens with zero attached hydrogens (tertiary/aromatic N) is 2. The molecule has 1 aliphatic rings. The summed E-state index contributed by atoms with van der Waals surface area (Å²) < 4.78 is 0. The van der Waals surface area contributed by atoms with Crippen LogP contribution >= 0.6 is 0 Å². The Morgan fingerprint density at radius 1 is 1.10 bits per heavy atom. The van der Waals surface area contributed by atoms with Gasteiger partial charge in [0.25, 0.3) is 0 Å². The van der Waals surface area contributed by atoms with Crippen LogP contribution in [0.4, 0.5) is 5.82 Å². The highest BCUT2D eigenvalue weighted by Gasteiger charge is 2.28. The van der Waals surface area contributed by atoms with Crippen molar-refractivity contribution in [3.63, 3.8) is 0 Å². The summed E-state index contributed by atoms with van der Waals surface area (Å²) in [5.41, 5.74) is 4.73. The molecule has 3 heteroatoms. The van der Waals surface area contributed by atoms with E-state index in [-0.39, 0.29) is 0 Å². The second-order valence-electron chi connectivity index (χ2n) is 6.21. The molecule has 1 heterocycles. The van der Waals surface area contributed by atoms with Crippen molar-refractivity contribution in [3.05, 3.63) is 41.2 Å². The molecular formula is C18H23N3. The van der Waals surface area contributed by atoms with E-state index in [2.05, 4.69) is 55.3 Å². The molecule has 0 radical (unpaired) electrons. The van der Waals surface area contributed by atoms with E-state index in [9.17, 15) is 0 Å². The third-order valence-electron chi connectivity index (χ3n) is 4.19. The summed E-state index contributed by atoms with van der Waals surface area (Å²) >= 11 is 0. The van der Waals surface area contributed by atoms with E-state index >= 15 is 0 Å². The fourth-order valence-electron chi connectivity index (χ4n) is 2.61. The Bertz CT molecular complexity index is 640. The van der Waals surface area contributed by atoms with Crippen LogP contribution < -0.4 is 5.32 Å². The molecular weight excluding hydrogens is 258 g/mol. The zero-order valence-electron chi connectivity index (χ0n) is 13.3. The Morgan fingerprint density at radius 2 is 1.76 bits per heavy atom. The van der Waals surface area contributed by atoms with Crippen molar-refractivity contribution in [2.45, 2.75) is 45.4 Å². The molecule has 1 N–H and O–H groups in total. The minimum absolute atomic E-state index is 0.556. The van der Waals surface area contributed by atoms with Crippen LogP contribution in [0.5, 0.6) is 0 Å². The number of hydrogen-bond acceptors (Lipinski definition) is 3. The van der Waals surface area contributed by atoms with E-state index in [1.165, 1.54) is 24.0 Å². The highest BCUT2D eigenvalue weighted by atomic mass is 15.0. The van der Waals surface area contributed by atoms with E-state index in [4.69, 9.17) is 4.98 Å². The van der Waals surface area contributed by atoms with Crippen LogP contribution in [0.25, 0.3) is 11.3 Å². The molecule has 1 aliphatic carbocycles. The number of hydrogen-bond donors (Lipinski definition) is 1. The summed E-state index contributed by atoms with van der Waals surface area (Å²) in [7, 11) is 1.93. The van der Waals surface area contributed by atoms with Crippen molar-refractivity contribution >= 4 is 5.82 Å². The Morgan fingerprint density at radius 3 is 2.29 bits per heavy atom. The van der Waals surface area contributed by atoms with Gasteiger partial charge in [0.1, 0.15) is 11.6 Å². The summed E-state index contributed by atoms with van der Waals surface area (Å²) in [6.45, 7) is 6.53. The van der Waals surface area contributed by atoms with Crippen LogP contribution in [0.1, 0.15) is 55.5 Å². The van der Waals surface area contributed by atoms with Crippen molar-refractivity contribution in [1.29, 1.82) is 0 Å². The molecule has 0 atom stereocenters. The average molecular weight is 281 g/mol. The van der Waals surface area contributed by atoms with Gasteiger partial charge in [0, 0.05) is 24.1 Å². The van der Waals surface area contributed by atoms with Gasteiger partial charge in [0.2, 0.25) is 0 Å². The maximum absolute atomic E-state index is 4.84. The zero-order valence-corrected chi connectivity index (χ0v) is 13.3. The van der Waals surface area contributed by atoms with E-state index in [0.717, 1.165) is 22.9 Å². The summed E-state index contributed by atoms with van der Waals surface area (Å²) in [5, 5.41) is 3.21. The van der Waals surface area contributed by atoms with Gasteiger partial charge < -0.3 is 5.32 Å². The fraction of sp³-hybridized carbons (Fsp3) is 0.444. The Labute approximate surface area is 126 Å². The molecule has 1 fully saturated rings.